The molecular weight excluding hydrogens is 262 g/mol. The van der Waals surface area contributed by atoms with Gasteiger partial charge < -0.3 is 19.4 Å². The molecule has 2 N–H and O–H groups in total. The predicted octanol–water partition coefficient (Wildman–Crippen LogP) is 1.94. The minimum atomic E-state index is -0.849. The highest BCUT2D eigenvalue weighted by atomic mass is 16.7. The molecule has 3 aromatic rings. The molecule has 0 bridgehead atoms. The zero-order valence-corrected chi connectivity index (χ0v) is 10.6. The maximum Gasteiger partial charge on any atom is 0.516 e. The summed E-state index contributed by atoms with van der Waals surface area (Å²) in [5.74, 6) is 0. The molecule has 7 heteroatoms. The summed E-state index contributed by atoms with van der Waals surface area (Å²) in [5.41, 5.74) is 1.76. The van der Waals surface area contributed by atoms with Gasteiger partial charge in [0, 0.05) is 0 Å². The standard InChI is InChI=1S/C13H11N3O4/c1-2-19-13(18)20-12-14-6-8-11(16-12)10-7(15-8)4-3-5-9(10)17/h3-6,15H,2H2,1H3,(H,14,16). The van der Waals surface area contributed by atoms with Crippen LogP contribution in [0.15, 0.2) is 29.2 Å². The van der Waals surface area contributed by atoms with Gasteiger partial charge in [0.2, 0.25) is 0 Å². The lowest BCUT2D eigenvalue weighted by Crippen LogP contribution is -2.12. The third kappa shape index (κ3) is 1.99. The van der Waals surface area contributed by atoms with E-state index >= 15 is 0 Å². The molecule has 0 unspecified atom stereocenters. The lowest BCUT2D eigenvalue weighted by atomic mass is 10.2. The number of nitrogens with one attached hydrogen (secondary N) is 2. The van der Waals surface area contributed by atoms with Gasteiger partial charge in [0.25, 0.3) is 0 Å². The van der Waals surface area contributed by atoms with E-state index in [-0.39, 0.29) is 18.0 Å². The first-order chi connectivity index (χ1) is 9.69. The second-order valence-electron chi connectivity index (χ2n) is 4.07. The van der Waals surface area contributed by atoms with E-state index in [0.29, 0.717) is 21.9 Å². The zero-order chi connectivity index (χ0) is 14.1. The van der Waals surface area contributed by atoms with Crippen LogP contribution in [-0.4, -0.2) is 27.7 Å². The minimum Gasteiger partial charge on any atom is -0.434 e. The fraction of sp³-hybridized carbons (Fsp3) is 0.154. The van der Waals surface area contributed by atoms with E-state index in [1.165, 1.54) is 12.3 Å². The summed E-state index contributed by atoms with van der Waals surface area (Å²) in [6.45, 7) is 1.88. The highest BCUT2D eigenvalue weighted by Gasteiger charge is 2.11. The third-order valence-corrected chi connectivity index (χ3v) is 2.80. The zero-order valence-electron chi connectivity index (χ0n) is 10.6. The summed E-state index contributed by atoms with van der Waals surface area (Å²) >= 11 is 0. The third-order valence-electron chi connectivity index (χ3n) is 2.80. The van der Waals surface area contributed by atoms with Crippen LogP contribution in [0.3, 0.4) is 0 Å². The van der Waals surface area contributed by atoms with Crippen LogP contribution in [0.4, 0.5) is 4.79 Å². The Hall–Kier alpha value is -2.83. The monoisotopic (exact) mass is 273 g/mol. The summed E-state index contributed by atoms with van der Waals surface area (Å²) in [4.78, 5) is 33.0. The maximum absolute atomic E-state index is 11.9. The van der Waals surface area contributed by atoms with Crippen molar-refractivity contribution < 1.29 is 14.3 Å². The Morgan fingerprint density at radius 3 is 2.95 bits per heavy atom. The second-order valence-corrected chi connectivity index (χ2v) is 4.07. The number of fused-ring (bicyclic) bond motifs is 3. The van der Waals surface area contributed by atoms with Crippen LogP contribution in [0.2, 0.25) is 0 Å². The summed E-state index contributed by atoms with van der Waals surface area (Å²) in [5, 5.41) is 0.499. The van der Waals surface area contributed by atoms with Crippen LogP contribution >= 0.6 is 0 Å². The number of aromatic amines is 2. The number of H-pyrrole nitrogens is 2. The molecule has 0 radical (unpaired) electrons. The van der Waals surface area contributed by atoms with Gasteiger partial charge in [0.05, 0.1) is 34.7 Å². The Morgan fingerprint density at radius 2 is 2.15 bits per heavy atom. The number of ether oxygens (including phenoxy) is 2. The molecule has 0 aliphatic heterocycles. The first-order valence-electron chi connectivity index (χ1n) is 6.03. The number of rotatable bonds is 2. The summed E-state index contributed by atoms with van der Waals surface area (Å²) in [7, 11) is 0. The van der Waals surface area contributed by atoms with Gasteiger partial charge in [-0.15, -0.1) is 0 Å². The average Bonchev–Trinajstić information content (AvgIpc) is 2.78. The van der Waals surface area contributed by atoms with Gasteiger partial charge in [0.15, 0.2) is 5.43 Å². The Kier molecular flexibility index (Phi) is 2.86. The highest BCUT2D eigenvalue weighted by molar-refractivity contribution is 6.04. The summed E-state index contributed by atoms with van der Waals surface area (Å²) < 4.78 is 9.54. The Morgan fingerprint density at radius 1 is 1.30 bits per heavy atom. The van der Waals surface area contributed by atoms with E-state index in [4.69, 9.17) is 4.74 Å². The molecule has 0 fully saturated rings. The number of carbonyl (C=O) groups excluding carboxylic acids is 1. The molecule has 102 valence electrons. The maximum atomic E-state index is 11.9. The molecule has 0 aliphatic rings. The largest absolute Gasteiger partial charge is 0.516 e. The van der Waals surface area contributed by atoms with E-state index in [9.17, 15) is 9.59 Å². The van der Waals surface area contributed by atoms with Crippen molar-refractivity contribution in [1.29, 1.82) is 0 Å². The number of hydrogen-bond acceptors (Lipinski definition) is 5. The fourth-order valence-electron chi connectivity index (χ4n) is 2.00. The Labute approximate surface area is 112 Å². The average molecular weight is 273 g/mol. The molecule has 0 saturated carbocycles. The molecule has 2 aromatic heterocycles. The number of hydrogen-bond donors (Lipinski definition) is 2. The lowest BCUT2D eigenvalue weighted by Gasteiger charge is -2.02. The second kappa shape index (κ2) is 4.69. The molecule has 0 atom stereocenters. The summed E-state index contributed by atoms with van der Waals surface area (Å²) in [6.07, 6.45) is 0.637. The van der Waals surface area contributed by atoms with Gasteiger partial charge >= 0.3 is 12.2 Å². The van der Waals surface area contributed by atoms with Crippen LogP contribution in [0.25, 0.3) is 21.9 Å². The minimum absolute atomic E-state index is 0.0277. The topological polar surface area (TPSA) is 97.1 Å². The van der Waals surface area contributed by atoms with Crippen molar-refractivity contribution in [3.05, 3.63) is 34.6 Å². The van der Waals surface area contributed by atoms with Crippen molar-refractivity contribution in [3.8, 4) is 6.01 Å². The predicted molar refractivity (Wildman–Crippen MR) is 71.9 cm³/mol. The van der Waals surface area contributed by atoms with Crippen LogP contribution in [0, 0.1) is 0 Å². The Bertz CT molecular complexity index is 850. The molecule has 2 heterocycles. The van der Waals surface area contributed by atoms with Gasteiger partial charge in [-0.1, -0.05) is 6.07 Å². The van der Waals surface area contributed by atoms with Crippen molar-refractivity contribution in [2.45, 2.75) is 6.92 Å². The molecular formula is C13H11N3O4. The van der Waals surface area contributed by atoms with Crippen LogP contribution in [0.1, 0.15) is 6.92 Å². The molecule has 3 rings (SSSR count). The normalized spacial score (nSPS) is 10.8. The van der Waals surface area contributed by atoms with Gasteiger partial charge in [-0.3, -0.25) is 4.79 Å². The van der Waals surface area contributed by atoms with Crippen molar-refractivity contribution in [2.24, 2.45) is 0 Å². The first kappa shape index (κ1) is 12.2. The summed E-state index contributed by atoms with van der Waals surface area (Å²) in [6, 6.07) is 4.90. The molecule has 0 saturated heterocycles. The fourth-order valence-corrected chi connectivity index (χ4v) is 2.00. The molecule has 0 aliphatic carbocycles. The van der Waals surface area contributed by atoms with Crippen LogP contribution in [-0.2, 0) is 4.74 Å². The van der Waals surface area contributed by atoms with E-state index in [1.807, 2.05) is 0 Å². The molecule has 20 heavy (non-hydrogen) atoms. The molecule has 1 aromatic carbocycles. The number of nitrogens with zero attached hydrogens (tertiary/aromatic N) is 1. The molecule has 0 amide bonds. The van der Waals surface area contributed by atoms with Gasteiger partial charge in [-0.25, -0.2) is 9.78 Å². The van der Waals surface area contributed by atoms with E-state index in [2.05, 4.69) is 19.7 Å². The quantitative estimate of drug-likeness (QED) is 0.695. The smallest absolute Gasteiger partial charge is 0.434 e. The van der Waals surface area contributed by atoms with Crippen molar-refractivity contribution in [3.63, 3.8) is 0 Å². The van der Waals surface area contributed by atoms with E-state index in [1.54, 1.807) is 19.1 Å². The van der Waals surface area contributed by atoms with Crippen LogP contribution in [0.5, 0.6) is 6.01 Å². The Balaban J connectivity index is 2.12. The van der Waals surface area contributed by atoms with Gasteiger partial charge in [-0.05, 0) is 19.1 Å². The highest BCUT2D eigenvalue weighted by Crippen LogP contribution is 2.21. The van der Waals surface area contributed by atoms with Gasteiger partial charge in [0.1, 0.15) is 0 Å². The molecule has 7 nitrogen and oxygen atoms in total. The van der Waals surface area contributed by atoms with Gasteiger partial charge in [-0.2, -0.15) is 0 Å². The van der Waals surface area contributed by atoms with E-state index < -0.39 is 6.16 Å². The van der Waals surface area contributed by atoms with E-state index in [0.717, 1.165) is 0 Å². The molecule has 0 spiro atoms. The van der Waals surface area contributed by atoms with Crippen molar-refractivity contribution in [1.82, 2.24) is 15.0 Å². The number of benzene rings is 1. The number of aromatic nitrogens is 3. The first-order valence-corrected chi connectivity index (χ1v) is 6.03. The van der Waals surface area contributed by atoms with Crippen molar-refractivity contribution in [2.75, 3.05) is 6.61 Å². The van der Waals surface area contributed by atoms with Crippen molar-refractivity contribution >= 4 is 28.1 Å². The number of carbonyl (C=O) groups is 1. The SMILES string of the molecule is CCOC(=O)Oc1ncc2[nH]c3cccc(=O)c3c2[nH]1. The van der Waals surface area contributed by atoms with Crippen LogP contribution < -0.4 is 10.2 Å². The lowest BCUT2D eigenvalue weighted by molar-refractivity contribution is 0.101.